The first-order chi connectivity index (χ1) is 10.3. The Kier molecular flexibility index (Phi) is 5.16. The van der Waals surface area contributed by atoms with Crippen LogP contribution in [0.1, 0.15) is 13.3 Å². The lowest BCUT2D eigenvalue weighted by Gasteiger charge is -2.12. The van der Waals surface area contributed by atoms with Gasteiger partial charge in [-0.25, -0.2) is 4.79 Å². The lowest BCUT2D eigenvalue weighted by Crippen LogP contribution is -2.11. The van der Waals surface area contributed by atoms with Gasteiger partial charge in [-0.05, 0) is 24.1 Å². The van der Waals surface area contributed by atoms with Gasteiger partial charge in [-0.3, -0.25) is 0 Å². The second kappa shape index (κ2) is 7.29. The number of hydrogen-bond donors (Lipinski definition) is 0. The van der Waals surface area contributed by atoms with E-state index in [1.54, 1.807) is 6.08 Å². The van der Waals surface area contributed by atoms with Gasteiger partial charge in [-0.1, -0.05) is 55.5 Å². The maximum atomic E-state index is 11.7. The SMILES string of the molecule is CCC=C(Oc1ccccc1-c1ccccc1)C(=O)OC. The molecule has 0 unspecified atom stereocenters. The maximum absolute atomic E-state index is 11.7. The molecule has 0 aromatic heterocycles. The minimum atomic E-state index is -0.472. The lowest BCUT2D eigenvalue weighted by atomic mass is 10.0. The first-order valence-electron chi connectivity index (χ1n) is 6.87. The van der Waals surface area contributed by atoms with E-state index in [9.17, 15) is 4.79 Å². The van der Waals surface area contributed by atoms with Crippen molar-refractivity contribution in [3.8, 4) is 16.9 Å². The maximum Gasteiger partial charge on any atom is 0.373 e. The second-order valence-corrected chi connectivity index (χ2v) is 4.43. The summed E-state index contributed by atoms with van der Waals surface area (Å²) in [5, 5.41) is 0. The number of rotatable bonds is 5. The third-order valence-electron chi connectivity index (χ3n) is 2.97. The number of carbonyl (C=O) groups is 1. The van der Waals surface area contributed by atoms with Gasteiger partial charge in [0.25, 0.3) is 0 Å². The van der Waals surface area contributed by atoms with Crippen molar-refractivity contribution < 1.29 is 14.3 Å². The van der Waals surface area contributed by atoms with Crippen molar-refractivity contribution >= 4 is 5.97 Å². The monoisotopic (exact) mass is 282 g/mol. The van der Waals surface area contributed by atoms with Crippen LogP contribution in [-0.4, -0.2) is 13.1 Å². The minimum Gasteiger partial charge on any atom is -0.463 e. The highest BCUT2D eigenvalue weighted by Crippen LogP contribution is 2.30. The number of methoxy groups -OCH3 is 1. The highest BCUT2D eigenvalue weighted by Gasteiger charge is 2.14. The van der Waals surface area contributed by atoms with Crippen molar-refractivity contribution in [2.75, 3.05) is 7.11 Å². The molecule has 0 atom stereocenters. The molecule has 21 heavy (non-hydrogen) atoms. The Labute approximate surface area is 124 Å². The average molecular weight is 282 g/mol. The molecule has 0 fully saturated rings. The summed E-state index contributed by atoms with van der Waals surface area (Å²) in [6, 6.07) is 17.5. The summed E-state index contributed by atoms with van der Waals surface area (Å²) < 4.78 is 10.5. The zero-order valence-corrected chi connectivity index (χ0v) is 12.2. The van der Waals surface area contributed by atoms with Crippen LogP contribution in [0.5, 0.6) is 5.75 Å². The smallest absolute Gasteiger partial charge is 0.373 e. The number of benzene rings is 2. The Balaban J connectivity index is 2.37. The molecule has 108 valence electrons. The Morgan fingerprint density at radius 1 is 1.05 bits per heavy atom. The summed E-state index contributed by atoms with van der Waals surface area (Å²) in [4.78, 5) is 11.7. The third-order valence-corrected chi connectivity index (χ3v) is 2.97. The average Bonchev–Trinajstić information content (AvgIpc) is 2.55. The van der Waals surface area contributed by atoms with Gasteiger partial charge in [0, 0.05) is 5.56 Å². The number of para-hydroxylation sites is 1. The van der Waals surface area contributed by atoms with E-state index in [-0.39, 0.29) is 5.76 Å². The molecule has 2 rings (SSSR count). The molecule has 0 spiro atoms. The van der Waals surface area contributed by atoms with Crippen molar-refractivity contribution in [1.29, 1.82) is 0 Å². The van der Waals surface area contributed by atoms with Crippen LogP contribution in [0.4, 0.5) is 0 Å². The normalized spacial score (nSPS) is 11.0. The number of allylic oxidation sites excluding steroid dienone is 1. The van der Waals surface area contributed by atoms with Crippen molar-refractivity contribution in [3.05, 3.63) is 66.4 Å². The van der Waals surface area contributed by atoms with Gasteiger partial charge in [0.05, 0.1) is 7.11 Å². The molecule has 0 saturated heterocycles. The van der Waals surface area contributed by atoms with Crippen molar-refractivity contribution in [2.24, 2.45) is 0 Å². The molecule has 0 heterocycles. The number of ether oxygens (including phenoxy) is 2. The zero-order chi connectivity index (χ0) is 15.1. The number of hydrogen-bond acceptors (Lipinski definition) is 3. The molecule has 2 aromatic rings. The van der Waals surface area contributed by atoms with E-state index in [0.29, 0.717) is 12.2 Å². The summed E-state index contributed by atoms with van der Waals surface area (Å²) in [5.74, 6) is 0.372. The first-order valence-corrected chi connectivity index (χ1v) is 6.87. The van der Waals surface area contributed by atoms with Crippen LogP contribution < -0.4 is 4.74 Å². The molecule has 0 aliphatic rings. The lowest BCUT2D eigenvalue weighted by molar-refractivity contribution is -0.138. The van der Waals surface area contributed by atoms with E-state index in [1.807, 2.05) is 61.5 Å². The third kappa shape index (κ3) is 3.72. The highest BCUT2D eigenvalue weighted by atomic mass is 16.6. The Bertz CT molecular complexity index is 630. The molecule has 0 N–H and O–H groups in total. The fourth-order valence-corrected chi connectivity index (χ4v) is 1.98. The molecule has 2 aromatic carbocycles. The minimum absolute atomic E-state index is 0.211. The van der Waals surface area contributed by atoms with Crippen LogP contribution in [-0.2, 0) is 9.53 Å². The van der Waals surface area contributed by atoms with Crippen LogP contribution >= 0.6 is 0 Å². The summed E-state index contributed by atoms with van der Waals surface area (Å²) in [7, 11) is 1.35. The van der Waals surface area contributed by atoms with E-state index in [4.69, 9.17) is 9.47 Å². The first kappa shape index (κ1) is 14.9. The quantitative estimate of drug-likeness (QED) is 0.468. The van der Waals surface area contributed by atoms with Crippen molar-refractivity contribution in [3.63, 3.8) is 0 Å². The van der Waals surface area contributed by atoms with Crippen LogP contribution in [0.2, 0.25) is 0 Å². The standard InChI is InChI=1S/C18H18O3/c1-3-9-17(18(19)20-2)21-16-13-8-7-12-15(16)14-10-5-4-6-11-14/h4-13H,3H2,1-2H3. The molecule has 3 nitrogen and oxygen atoms in total. The number of carbonyl (C=O) groups excluding carboxylic acids is 1. The summed E-state index contributed by atoms with van der Waals surface area (Å²) in [6.45, 7) is 1.94. The van der Waals surface area contributed by atoms with Gasteiger partial charge >= 0.3 is 5.97 Å². The molecule has 0 bridgehead atoms. The van der Waals surface area contributed by atoms with E-state index in [0.717, 1.165) is 11.1 Å². The van der Waals surface area contributed by atoms with Gasteiger partial charge in [-0.15, -0.1) is 0 Å². The van der Waals surface area contributed by atoms with Gasteiger partial charge in [0.2, 0.25) is 5.76 Å². The summed E-state index contributed by atoms with van der Waals surface area (Å²) in [6.07, 6.45) is 2.41. The van der Waals surface area contributed by atoms with E-state index in [1.165, 1.54) is 7.11 Å². The molecule has 0 radical (unpaired) electrons. The predicted octanol–water partition coefficient (Wildman–Crippen LogP) is 4.20. The van der Waals surface area contributed by atoms with E-state index >= 15 is 0 Å². The number of esters is 1. The topological polar surface area (TPSA) is 35.5 Å². The molecule has 0 aliphatic carbocycles. The van der Waals surface area contributed by atoms with Crippen LogP contribution in [0, 0.1) is 0 Å². The summed E-state index contributed by atoms with van der Waals surface area (Å²) >= 11 is 0. The molecule has 3 heteroatoms. The van der Waals surface area contributed by atoms with Crippen LogP contribution in [0.25, 0.3) is 11.1 Å². The van der Waals surface area contributed by atoms with Crippen LogP contribution in [0.15, 0.2) is 66.4 Å². The van der Waals surface area contributed by atoms with E-state index < -0.39 is 5.97 Å². The fourth-order valence-electron chi connectivity index (χ4n) is 1.98. The van der Waals surface area contributed by atoms with Crippen molar-refractivity contribution in [2.45, 2.75) is 13.3 Å². The zero-order valence-electron chi connectivity index (χ0n) is 12.2. The van der Waals surface area contributed by atoms with Crippen molar-refractivity contribution in [1.82, 2.24) is 0 Å². The second-order valence-electron chi connectivity index (χ2n) is 4.43. The van der Waals surface area contributed by atoms with E-state index in [2.05, 4.69) is 0 Å². The van der Waals surface area contributed by atoms with Gasteiger partial charge in [-0.2, -0.15) is 0 Å². The fraction of sp³-hybridized carbons (Fsp3) is 0.167. The molecule has 0 aliphatic heterocycles. The van der Waals surface area contributed by atoms with Gasteiger partial charge in [0.15, 0.2) is 0 Å². The predicted molar refractivity (Wildman–Crippen MR) is 82.9 cm³/mol. The van der Waals surface area contributed by atoms with Gasteiger partial charge in [0.1, 0.15) is 5.75 Å². The van der Waals surface area contributed by atoms with Gasteiger partial charge < -0.3 is 9.47 Å². The Morgan fingerprint density at radius 2 is 1.71 bits per heavy atom. The highest BCUT2D eigenvalue weighted by molar-refractivity contribution is 5.87. The van der Waals surface area contributed by atoms with Crippen LogP contribution in [0.3, 0.4) is 0 Å². The molecule has 0 amide bonds. The molecule has 0 saturated carbocycles. The molecular weight excluding hydrogens is 264 g/mol. The summed E-state index contributed by atoms with van der Waals surface area (Å²) in [5.41, 5.74) is 1.97. The Hall–Kier alpha value is -2.55. The Morgan fingerprint density at radius 3 is 2.38 bits per heavy atom. The molecular formula is C18H18O3. The largest absolute Gasteiger partial charge is 0.463 e.